The number of benzene rings is 1. The molecule has 0 bridgehead atoms. The second-order valence-corrected chi connectivity index (χ2v) is 9.63. The highest BCUT2D eigenvalue weighted by Gasteiger charge is 2.38. The molecule has 2 aromatic rings. The second-order valence-electron chi connectivity index (χ2n) is 9.19. The summed E-state index contributed by atoms with van der Waals surface area (Å²) in [6.45, 7) is 5.88. The normalized spacial score (nSPS) is 25.4. The molecule has 2 unspecified atom stereocenters. The monoisotopic (exact) mass is 430 g/mol. The fourth-order valence-corrected chi connectivity index (χ4v) is 5.82. The minimum atomic E-state index is -0.325. The third kappa shape index (κ3) is 3.76. The number of hydrogen-bond donors (Lipinski definition) is 1. The van der Waals surface area contributed by atoms with Crippen molar-refractivity contribution in [2.24, 2.45) is 17.8 Å². The fourth-order valence-electron chi connectivity index (χ4n) is 5.66. The molecule has 5 rings (SSSR count). The third-order valence-corrected chi connectivity index (χ3v) is 7.48. The zero-order valence-electron chi connectivity index (χ0n) is 17.3. The maximum absolute atomic E-state index is 14.3. The van der Waals surface area contributed by atoms with Gasteiger partial charge in [0, 0.05) is 23.6 Å². The molecule has 1 saturated carbocycles. The van der Waals surface area contributed by atoms with E-state index in [0.29, 0.717) is 36.0 Å². The van der Waals surface area contributed by atoms with Crippen molar-refractivity contribution in [3.8, 4) is 0 Å². The first-order chi connectivity index (χ1) is 14.5. The summed E-state index contributed by atoms with van der Waals surface area (Å²) in [5, 5.41) is 8.52. The Hall–Kier alpha value is -1.92. The maximum atomic E-state index is 14.3. The predicted octanol–water partition coefficient (Wildman–Crippen LogP) is 3.55. The lowest BCUT2D eigenvalue weighted by molar-refractivity contribution is -0.133. The van der Waals surface area contributed by atoms with Crippen LogP contribution in [0.5, 0.6) is 0 Å². The van der Waals surface area contributed by atoms with Crippen LogP contribution in [0.15, 0.2) is 18.2 Å². The summed E-state index contributed by atoms with van der Waals surface area (Å²) in [5.74, 6) is 1.96. The van der Waals surface area contributed by atoms with Gasteiger partial charge in [0.1, 0.15) is 5.82 Å². The molecule has 2 atom stereocenters. The van der Waals surface area contributed by atoms with Crippen LogP contribution in [0.4, 0.5) is 4.39 Å². The molecule has 0 spiro atoms. The van der Waals surface area contributed by atoms with Gasteiger partial charge in [0.2, 0.25) is 5.91 Å². The first kappa shape index (κ1) is 20.0. The Morgan fingerprint density at radius 1 is 1.30 bits per heavy atom. The van der Waals surface area contributed by atoms with Crippen molar-refractivity contribution in [2.45, 2.75) is 45.7 Å². The summed E-state index contributed by atoms with van der Waals surface area (Å²) in [5.41, 5.74) is 3.77. The largest absolute Gasteiger partial charge is 0.336 e. The van der Waals surface area contributed by atoms with Gasteiger partial charge in [-0.3, -0.25) is 9.48 Å². The third-order valence-electron chi connectivity index (χ3n) is 7.24. The van der Waals surface area contributed by atoms with Crippen molar-refractivity contribution in [1.29, 1.82) is 0 Å². The molecule has 2 fully saturated rings. The molecule has 5 nitrogen and oxygen atoms in total. The van der Waals surface area contributed by atoms with Crippen LogP contribution in [0.1, 0.15) is 41.8 Å². The van der Waals surface area contributed by atoms with Crippen molar-refractivity contribution in [3.63, 3.8) is 0 Å². The number of rotatable bonds is 4. The van der Waals surface area contributed by atoms with E-state index in [4.69, 9.17) is 11.6 Å². The molecule has 1 aliphatic carbocycles. The van der Waals surface area contributed by atoms with E-state index in [9.17, 15) is 9.18 Å². The average molecular weight is 431 g/mol. The molecule has 1 saturated heterocycles. The number of aromatic nitrogens is 2. The lowest BCUT2D eigenvalue weighted by Gasteiger charge is -2.29. The molecule has 30 heavy (non-hydrogen) atoms. The molecule has 1 aromatic heterocycles. The summed E-state index contributed by atoms with van der Waals surface area (Å²) >= 11 is 5.88. The smallest absolute Gasteiger partial charge is 0.223 e. The quantitative estimate of drug-likeness (QED) is 0.807. The molecule has 1 amide bonds. The predicted molar refractivity (Wildman–Crippen MR) is 114 cm³/mol. The van der Waals surface area contributed by atoms with E-state index in [1.807, 2.05) is 16.5 Å². The number of nitrogens with zero attached hydrogens (tertiary/aromatic N) is 3. The van der Waals surface area contributed by atoms with Crippen LogP contribution >= 0.6 is 11.6 Å². The molecule has 3 heterocycles. The summed E-state index contributed by atoms with van der Waals surface area (Å²) in [6, 6.07) is 4.74. The van der Waals surface area contributed by atoms with E-state index in [1.54, 1.807) is 12.1 Å². The molecule has 0 radical (unpaired) electrons. The Balaban J connectivity index is 1.29. The van der Waals surface area contributed by atoms with E-state index in [2.05, 4.69) is 10.4 Å². The maximum Gasteiger partial charge on any atom is 0.223 e. The zero-order chi connectivity index (χ0) is 20.8. The van der Waals surface area contributed by atoms with Crippen LogP contribution in [-0.4, -0.2) is 40.2 Å². The van der Waals surface area contributed by atoms with Gasteiger partial charge < -0.3 is 10.2 Å². The van der Waals surface area contributed by atoms with Crippen LogP contribution in [-0.2, 0) is 24.3 Å². The molecular formula is C23H28ClFN4O. The van der Waals surface area contributed by atoms with Crippen LogP contribution in [0.3, 0.4) is 0 Å². The van der Waals surface area contributed by atoms with Crippen LogP contribution in [0.25, 0.3) is 0 Å². The van der Waals surface area contributed by atoms with Gasteiger partial charge in [-0.15, -0.1) is 0 Å². The summed E-state index contributed by atoms with van der Waals surface area (Å²) in [6.07, 6.45) is 3.82. The van der Waals surface area contributed by atoms with Gasteiger partial charge in [0.05, 0.1) is 24.5 Å². The van der Waals surface area contributed by atoms with Gasteiger partial charge in [-0.1, -0.05) is 17.7 Å². The number of amides is 1. The van der Waals surface area contributed by atoms with Gasteiger partial charge in [-0.2, -0.15) is 5.10 Å². The number of fused-ring (bicyclic) bond motifs is 2. The van der Waals surface area contributed by atoms with Gasteiger partial charge in [-0.25, -0.2) is 4.39 Å². The Morgan fingerprint density at radius 2 is 2.07 bits per heavy atom. The Morgan fingerprint density at radius 3 is 2.80 bits per heavy atom. The number of aryl methyl sites for hydroxylation is 1. The number of hydrogen-bond acceptors (Lipinski definition) is 3. The van der Waals surface area contributed by atoms with Gasteiger partial charge in [-0.05, 0) is 74.7 Å². The summed E-state index contributed by atoms with van der Waals surface area (Å²) < 4.78 is 16.2. The van der Waals surface area contributed by atoms with Crippen molar-refractivity contribution in [3.05, 3.63) is 51.6 Å². The van der Waals surface area contributed by atoms with Gasteiger partial charge in [0.15, 0.2) is 0 Å². The van der Waals surface area contributed by atoms with E-state index >= 15 is 0 Å². The van der Waals surface area contributed by atoms with Crippen molar-refractivity contribution < 1.29 is 9.18 Å². The van der Waals surface area contributed by atoms with E-state index in [0.717, 1.165) is 49.3 Å². The van der Waals surface area contributed by atoms with Crippen LogP contribution < -0.4 is 5.32 Å². The first-order valence-electron chi connectivity index (χ1n) is 11.0. The molecule has 7 heteroatoms. The Kier molecular flexibility index (Phi) is 5.31. The number of carbonyl (C=O) groups is 1. The highest BCUT2D eigenvalue weighted by atomic mass is 35.5. The summed E-state index contributed by atoms with van der Waals surface area (Å²) in [7, 11) is 0. The highest BCUT2D eigenvalue weighted by molar-refractivity contribution is 6.30. The number of halogens is 2. The second kappa shape index (κ2) is 7.97. The molecular weight excluding hydrogens is 403 g/mol. The first-order valence-corrected chi connectivity index (χ1v) is 11.3. The van der Waals surface area contributed by atoms with Crippen molar-refractivity contribution in [1.82, 2.24) is 20.0 Å². The molecule has 3 aliphatic rings. The average Bonchev–Trinajstić information content (AvgIpc) is 3.38. The molecule has 1 aromatic carbocycles. The van der Waals surface area contributed by atoms with Gasteiger partial charge in [0.25, 0.3) is 0 Å². The molecule has 160 valence electrons. The van der Waals surface area contributed by atoms with Crippen LogP contribution in [0, 0.1) is 30.5 Å². The van der Waals surface area contributed by atoms with E-state index in [-0.39, 0.29) is 11.7 Å². The van der Waals surface area contributed by atoms with E-state index < -0.39 is 0 Å². The topological polar surface area (TPSA) is 50.2 Å². The van der Waals surface area contributed by atoms with Crippen molar-refractivity contribution in [2.75, 3.05) is 19.6 Å². The fraction of sp³-hybridized carbons (Fsp3) is 0.565. The van der Waals surface area contributed by atoms with Crippen LogP contribution in [0.2, 0.25) is 5.02 Å². The van der Waals surface area contributed by atoms with E-state index in [1.165, 1.54) is 24.5 Å². The number of nitrogens with one attached hydrogen (secondary N) is 1. The SMILES string of the molecule is Cc1nn(Cc2ccc(Cl)cc2F)c2c1CCN(C(=O)CC1CC3CNCC3C1)C2. The highest BCUT2D eigenvalue weighted by Crippen LogP contribution is 2.40. The Bertz CT molecular complexity index is 962. The lowest BCUT2D eigenvalue weighted by atomic mass is 9.99. The van der Waals surface area contributed by atoms with Gasteiger partial charge >= 0.3 is 0 Å². The minimum absolute atomic E-state index is 0.252. The van der Waals surface area contributed by atoms with Crippen molar-refractivity contribution >= 4 is 17.5 Å². The Labute approximate surface area is 181 Å². The minimum Gasteiger partial charge on any atom is -0.336 e. The molecule has 2 aliphatic heterocycles. The zero-order valence-corrected chi connectivity index (χ0v) is 18.1. The standard InChI is InChI=1S/C23H28ClFN4O/c1-14-20-4-5-28(23(30)8-15-6-17-10-26-11-18(17)7-15)13-22(20)29(27-14)12-16-2-3-19(24)9-21(16)25/h2-3,9,15,17-18,26H,4-8,10-13H2,1H3. The lowest BCUT2D eigenvalue weighted by Crippen LogP contribution is -2.37. The summed E-state index contributed by atoms with van der Waals surface area (Å²) in [4.78, 5) is 15.0. The molecule has 1 N–H and O–H groups in total. The number of carbonyl (C=O) groups excluding carboxylic acids is 1.